The lowest BCUT2D eigenvalue weighted by Gasteiger charge is -2.34. The minimum absolute atomic E-state index is 0.00333. The molecule has 0 spiro atoms. The monoisotopic (exact) mass is 513 g/mol. The number of carbonyl (C=O) groups excluding carboxylic acids is 1. The Morgan fingerprint density at radius 1 is 1.34 bits per heavy atom. The first-order valence-corrected chi connectivity index (χ1v) is 13.4. The standard InChI is InChI=1S/C23H27N7O3S2/c1-4-32-14-7-5-13(6-8-14)26-17(31)11-34-22-28-27-21-29(22)20-18(19-24-12-25-30(19)21)15-9-23(2,3)33-10-16(15)35-20/h5-8,19,24-25H,4,9-12H2,1-3H3,(H,26,31). The Bertz CT molecular complexity index is 1270. The Balaban J connectivity index is 1.25. The van der Waals surface area contributed by atoms with Gasteiger partial charge in [0.15, 0.2) is 5.16 Å². The second-order valence-corrected chi connectivity index (χ2v) is 11.2. The number of benzene rings is 1. The van der Waals surface area contributed by atoms with Gasteiger partial charge in [-0.2, -0.15) is 0 Å². The number of carbonyl (C=O) groups is 1. The third kappa shape index (κ3) is 4.08. The number of nitrogens with zero attached hydrogens (tertiary/aromatic N) is 4. The molecule has 12 heteroatoms. The fourth-order valence-corrected chi connectivity index (χ4v) is 6.71. The van der Waals surface area contributed by atoms with Crippen LogP contribution in [0, 0.1) is 0 Å². The molecule has 1 aromatic carbocycles. The van der Waals surface area contributed by atoms with Crippen LogP contribution in [0.15, 0.2) is 29.4 Å². The van der Waals surface area contributed by atoms with Crippen molar-refractivity contribution in [3.63, 3.8) is 0 Å². The van der Waals surface area contributed by atoms with Crippen LogP contribution in [0.5, 0.6) is 5.75 Å². The van der Waals surface area contributed by atoms with E-state index in [1.54, 1.807) is 11.3 Å². The Labute approximate surface area is 211 Å². The topological polar surface area (TPSA) is 106 Å². The maximum absolute atomic E-state index is 12.7. The van der Waals surface area contributed by atoms with E-state index in [0.717, 1.165) is 28.8 Å². The molecule has 1 fully saturated rings. The molecule has 0 aliphatic carbocycles. The summed E-state index contributed by atoms with van der Waals surface area (Å²) in [5, 5.41) is 19.2. The van der Waals surface area contributed by atoms with Crippen LogP contribution in [0.1, 0.15) is 42.9 Å². The van der Waals surface area contributed by atoms with Gasteiger partial charge >= 0.3 is 0 Å². The van der Waals surface area contributed by atoms with Crippen molar-refractivity contribution in [3.05, 3.63) is 40.3 Å². The van der Waals surface area contributed by atoms with Crippen LogP contribution in [-0.4, -0.2) is 45.3 Å². The van der Waals surface area contributed by atoms with Crippen molar-refractivity contribution >= 4 is 40.6 Å². The molecular formula is C23H27N7O3S2. The fraction of sp³-hybridized carbons (Fsp3) is 0.435. The fourth-order valence-electron chi connectivity index (χ4n) is 4.65. The number of thioether (sulfide) groups is 1. The maximum atomic E-state index is 12.7. The van der Waals surface area contributed by atoms with Gasteiger partial charge in [-0.25, -0.2) is 9.99 Å². The van der Waals surface area contributed by atoms with E-state index in [2.05, 4.69) is 44.7 Å². The molecule has 1 atom stereocenters. The number of hydrogen-bond donors (Lipinski definition) is 3. The molecule has 3 aromatic rings. The summed E-state index contributed by atoms with van der Waals surface area (Å²) < 4.78 is 13.6. The normalized spacial score (nSPS) is 19.5. The summed E-state index contributed by atoms with van der Waals surface area (Å²) in [5.41, 5.74) is 6.49. The predicted molar refractivity (Wildman–Crippen MR) is 135 cm³/mol. The highest BCUT2D eigenvalue weighted by Crippen LogP contribution is 2.48. The van der Waals surface area contributed by atoms with Crippen molar-refractivity contribution < 1.29 is 14.3 Å². The molecule has 184 valence electrons. The highest BCUT2D eigenvalue weighted by atomic mass is 32.2. The average Bonchev–Trinajstić information content (AvgIpc) is 3.54. The van der Waals surface area contributed by atoms with Gasteiger partial charge < -0.3 is 14.8 Å². The summed E-state index contributed by atoms with van der Waals surface area (Å²) in [6.45, 7) is 8.06. The summed E-state index contributed by atoms with van der Waals surface area (Å²) >= 11 is 3.11. The summed E-state index contributed by atoms with van der Waals surface area (Å²) in [7, 11) is 0. The van der Waals surface area contributed by atoms with E-state index < -0.39 is 0 Å². The lowest BCUT2D eigenvalue weighted by molar-refractivity contribution is -0.113. The first-order chi connectivity index (χ1) is 16.9. The third-order valence-electron chi connectivity index (χ3n) is 6.20. The van der Waals surface area contributed by atoms with Gasteiger partial charge in [0.2, 0.25) is 11.9 Å². The zero-order valence-corrected chi connectivity index (χ0v) is 21.4. The number of ether oxygens (including phenoxy) is 2. The minimum Gasteiger partial charge on any atom is -0.494 e. The van der Waals surface area contributed by atoms with Gasteiger partial charge in [-0.05, 0) is 50.6 Å². The number of aromatic nitrogens is 3. The average molecular weight is 514 g/mol. The van der Waals surface area contributed by atoms with E-state index >= 15 is 0 Å². The van der Waals surface area contributed by atoms with Crippen molar-refractivity contribution in [1.29, 1.82) is 0 Å². The van der Waals surface area contributed by atoms with E-state index in [-0.39, 0.29) is 23.4 Å². The van der Waals surface area contributed by atoms with Crippen LogP contribution in [0.2, 0.25) is 0 Å². The van der Waals surface area contributed by atoms with E-state index in [0.29, 0.717) is 25.0 Å². The number of hydrazine groups is 1. The van der Waals surface area contributed by atoms with E-state index in [9.17, 15) is 4.79 Å². The molecule has 10 nitrogen and oxygen atoms in total. The summed E-state index contributed by atoms with van der Waals surface area (Å²) in [5.74, 6) is 1.62. The number of rotatable bonds is 6. The van der Waals surface area contributed by atoms with Crippen LogP contribution >= 0.6 is 23.1 Å². The number of thiophene rings is 1. The largest absolute Gasteiger partial charge is 0.494 e. The lowest BCUT2D eigenvalue weighted by Crippen LogP contribution is -2.40. The second kappa shape index (κ2) is 8.79. The Morgan fingerprint density at radius 2 is 2.17 bits per heavy atom. The lowest BCUT2D eigenvalue weighted by atomic mass is 9.92. The molecule has 3 aliphatic rings. The van der Waals surface area contributed by atoms with Crippen molar-refractivity contribution in [2.24, 2.45) is 0 Å². The van der Waals surface area contributed by atoms with Crippen LogP contribution in [-0.2, 0) is 22.6 Å². The number of nitrogens with one attached hydrogen (secondary N) is 3. The molecule has 5 heterocycles. The van der Waals surface area contributed by atoms with Crippen LogP contribution in [0.3, 0.4) is 0 Å². The van der Waals surface area contributed by atoms with Gasteiger partial charge in [-0.1, -0.05) is 11.8 Å². The third-order valence-corrected chi connectivity index (χ3v) is 8.34. The van der Waals surface area contributed by atoms with Crippen LogP contribution in [0.4, 0.5) is 11.6 Å². The molecule has 3 aliphatic heterocycles. The molecule has 0 bridgehead atoms. The number of fused-ring (bicyclic) bond motifs is 8. The first-order valence-electron chi connectivity index (χ1n) is 11.6. The minimum atomic E-state index is -0.206. The van der Waals surface area contributed by atoms with Gasteiger partial charge in [-0.15, -0.1) is 21.5 Å². The molecule has 35 heavy (non-hydrogen) atoms. The molecular weight excluding hydrogens is 486 g/mol. The van der Waals surface area contributed by atoms with Crippen molar-refractivity contribution in [2.75, 3.05) is 29.4 Å². The number of amides is 1. The number of hydrogen-bond acceptors (Lipinski definition) is 10. The molecule has 0 saturated carbocycles. The van der Waals surface area contributed by atoms with Crippen LogP contribution in [0.25, 0.3) is 5.00 Å². The predicted octanol–water partition coefficient (Wildman–Crippen LogP) is 3.19. The highest BCUT2D eigenvalue weighted by molar-refractivity contribution is 7.99. The van der Waals surface area contributed by atoms with Gasteiger partial charge in [-0.3, -0.25) is 15.1 Å². The summed E-state index contributed by atoms with van der Waals surface area (Å²) in [6, 6.07) is 7.37. The Morgan fingerprint density at radius 3 is 2.97 bits per heavy atom. The van der Waals surface area contributed by atoms with Gasteiger partial charge in [0, 0.05) is 22.5 Å². The van der Waals surface area contributed by atoms with E-state index in [1.807, 2.05) is 36.2 Å². The highest BCUT2D eigenvalue weighted by Gasteiger charge is 2.43. The molecule has 6 rings (SSSR count). The Kier molecular flexibility index (Phi) is 5.72. The SMILES string of the molecule is CCOc1ccc(NC(=O)CSc2nnc3n2-c2sc4c(c2C2NCNN32)CC(C)(C)OC4)cc1. The quantitative estimate of drug-likeness (QED) is 0.429. The van der Waals surface area contributed by atoms with Crippen LogP contribution < -0.4 is 25.8 Å². The van der Waals surface area contributed by atoms with E-state index in [1.165, 1.54) is 27.8 Å². The molecule has 1 amide bonds. The van der Waals surface area contributed by atoms with Crippen molar-refractivity contribution in [2.45, 2.75) is 50.7 Å². The Hall–Kier alpha value is -2.64. The summed E-state index contributed by atoms with van der Waals surface area (Å²) in [6.07, 6.45) is 0.848. The maximum Gasteiger partial charge on any atom is 0.249 e. The first kappa shape index (κ1) is 22.8. The molecule has 2 aromatic heterocycles. The van der Waals surface area contributed by atoms with Gasteiger partial charge in [0.1, 0.15) is 16.9 Å². The van der Waals surface area contributed by atoms with Crippen molar-refractivity contribution in [3.8, 4) is 10.8 Å². The number of anilines is 2. The molecule has 1 unspecified atom stereocenters. The molecule has 3 N–H and O–H groups in total. The summed E-state index contributed by atoms with van der Waals surface area (Å²) in [4.78, 5) is 13.9. The molecule has 0 radical (unpaired) electrons. The zero-order valence-electron chi connectivity index (χ0n) is 19.8. The van der Waals surface area contributed by atoms with E-state index in [4.69, 9.17) is 9.47 Å². The van der Waals surface area contributed by atoms with Gasteiger partial charge in [0.05, 0.1) is 31.2 Å². The molecule has 1 saturated heterocycles. The van der Waals surface area contributed by atoms with Crippen molar-refractivity contribution in [1.82, 2.24) is 25.5 Å². The second-order valence-electron chi connectivity index (χ2n) is 9.17. The smallest absolute Gasteiger partial charge is 0.249 e. The van der Waals surface area contributed by atoms with Gasteiger partial charge in [0.25, 0.3) is 0 Å². The zero-order chi connectivity index (χ0) is 24.2.